The molecule has 8 aromatic carbocycles. The van der Waals surface area contributed by atoms with Gasteiger partial charge in [-0.25, -0.2) is 0 Å². The molecule has 0 amide bonds. The number of para-hydroxylation sites is 7. The Balaban J connectivity index is 1.13. The van der Waals surface area contributed by atoms with Crippen LogP contribution in [0.2, 0.25) is 0 Å². The summed E-state index contributed by atoms with van der Waals surface area (Å²) < 4.78 is 4.88. The van der Waals surface area contributed by atoms with E-state index in [-0.39, 0.29) is 6.17 Å². The lowest BCUT2D eigenvalue weighted by atomic mass is 9.88. The van der Waals surface area contributed by atoms with Gasteiger partial charge in [0, 0.05) is 44.0 Å². The summed E-state index contributed by atoms with van der Waals surface area (Å²) in [4.78, 5) is 2.45. The van der Waals surface area contributed by atoms with Crippen LogP contribution in [-0.2, 0) is 0 Å². The lowest BCUT2D eigenvalue weighted by molar-refractivity contribution is 0.819. The van der Waals surface area contributed by atoms with Crippen LogP contribution in [0.4, 0.5) is 17.1 Å². The summed E-state index contributed by atoms with van der Waals surface area (Å²) in [5.74, 6) is 0. The monoisotopic (exact) mass is 676 g/mol. The summed E-state index contributed by atoms with van der Waals surface area (Å²) in [6.07, 6.45) is 0.0310. The van der Waals surface area contributed by atoms with Gasteiger partial charge in [0.25, 0.3) is 0 Å². The van der Waals surface area contributed by atoms with Crippen molar-refractivity contribution in [1.82, 2.24) is 9.13 Å². The van der Waals surface area contributed by atoms with Crippen molar-refractivity contribution in [2.24, 2.45) is 0 Å². The summed E-state index contributed by atoms with van der Waals surface area (Å²) >= 11 is 0. The number of hydrogen-bond donors (Lipinski definition) is 1. The number of anilines is 3. The molecule has 12 rings (SSSR count). The number of benzene rings is 8. The van der Waals surface area contributed by atoms with Gasteiger partial charge in [0.2, 0.25) is 0 Å². The Morgan fingerprint density at radius 2 is 0.868 bits per heavy atom. The Hall–Kier alpha value is -7.04. The van der Waals surface area contributed by atoms with Crippen LogP contribution >= 0.6 is 0 Å². The molecule has 0 bridgehead atoms. The SMILES string of the molecule is c1ccc2c(c1)NC1c3ccc(-c4cc(-n5c6ccccc6c6ccccc65)cc(-n5c6ccccc6c6ccccc65)c4)cc3-c3ccccc3N21. The molecule has 1 N–H and O–H groups in total. The second-order valence-electron chi connectivity index (χ2n) is 14.2. The highest BCUT2D eigenvalue weighted by Crippen LogP contribution is 2.54. The van der Waals surface area contributed by atoms with Crippen LogP contribution in [0.1, 0.15) is 11.7 Å². The number of fused-ring (bicyclic) bond motifs is 14. The number of rotatable bonds is 3. The summed E-state index contributed by atoms with van der Waals surface area (Å²) in [6.45, 7) is 0. The summed E-state index contributed by atoms with van der Waals surface area (Å²) in [5.41, 5.74) is 16.8. The fourth-order valence-corrected chi connectivity index (χ4v) is 9.18. The van der Waals surface area contributed by atoms with Crippen molar-refractivity contribution < 1.29 is 0 Å². The maximum absolute atomic E-state index is 3.84. The Morgan fingerprint density at radius 1 is 0.377 bits per heavy atom. The van der Waals surface area contributed by atoms with E-state index < -0.39 is 0 Å². The van der Waals surface area contributed by atoms with Gasteiger partial charge < -0.3 is 19.4 Å². The molecule has 0 radical (unpaired) electrons. The van der Waals surface area contributed by atoms with E-state index in [1.807, 2.05) is 0 Å². The average molecular weight is 677 g/mol. The van der Waals surface area contributed by atoms with E-state index in [4.69, 9.17) is 0 Å². The van der Waals surface area contributed by atoms with Gasteiger partial charge in [0.1, 0.15) is 6.17 Å². The van der Waals surface area contributed by atoms with Crippen molar-refractivity contribution in [3.63, 3.8) is 0 Å². The Morgan fingerprint density at radius 3 is 1.45 bits per heavy atom. The van der Waals surface area contributed by atoms with Gasteiger partial charge in [-0.1, -0.05) is 115 Å². The van der Waals surface area contributed by atoms with Crippen molar-refractivity contribution >= 4 is 60.7 Å². The molecule has 10 aromatic rings. The highest BCUT2D eigenvalue weighted by Gasteiger charge is 2.37. The molecular formula is C49H32N4. The highest BCUT2D eigenvalue weighted by atomic mass is 15.3. The molecule has 4 nitrogen and oxygen atoms in total. The minimum absolute atomic E-state index is 0.0310. The normalized spacial score (nSPS) is 14.3. The Bertz CT molecular complexity index is 2890. The third-order valence-electron chi connectivity index (χ3n) is 11.4. The van der Waals surface area contributed by atoms with Crippen molar-refractivity contribution in [2.45, 2.75) is 6.17 Å². The number of nitrogens with zero attached hydrogens (tertiary/aromatic N) is 3. The summed E-state index contributed by atoms with van der Waals surface area (Å²) in [7, 11) is 0. The molecule has 0 saturated carbocycles. The van der Waals surface area contributed by atoms with Gasteiger partial charge in [-0.05, 0) is 83.4 Å². The molecule has 2 aromatic heterocycles. The van der Waals surface area contributed by atoms with E-state index in [1.165, 1.54) is 88.5 Å². The van der Waals surface area contributed by atoms with Gasteiger partial charge >= 0.3 is 0 Å². The molecule has 0 aliphatic carbocycles. The lowest BCUT2D eigenvalue weighted by Crippen LogP contribution is -2.27. The van der Waals surface area contributed by atoms with Gasteiger partial charge in [-0.3, -0.25) is 0 Å². The third kappa shape index (κ3) is 4.00. The zero-order valence-electron chi connectivity index (χ0n) is 28.7. The molecule has 53 heavy (non-hydrogen) atoms. The Labute approximate surface area is 306 Å². The highest BCUT2D eigenvalue weighted by molar-refractivity contribution is 6.11. The van der Waals surface area contributed by atoms with Crippen molar-refractivity contribution in [1.29, 1.82) is 0 Å². The largest absolute Gasteiger partial charge is 0.359 e. The molecule has 1 atom stereocenters. The average Bonchev–Trinajstić information content (AvgIpc) is 3.89. The van der Waals surface area contributed by atoms with Gasteiger partial charge in [0.15, 0.2) is 0 Å². The van der Waals surface area contributed by atoms with E-state index in [1.54, 1.807) is 0 Å². The maximum Gasteiger partial charge on any atom is 0.131 e. The molecule has 0 fully saturated rings. The van der Waals surface area contributed by atoms with E-state index in [2.05, 4.69) is 201 Å². The Kier molecular flexibility index (Phi) is 5.80. The first-order valence-corrected chi connectivity index (χ1v) is 18.3. The quantitative estimate of drug-likeness (QED) is 0.201. The van der Waals surface area contributed by atoms with E-state index in [0.717, 1.165) is 11.4 Å². The van der Waals surface area contributed by atoms with Gasteiger partial charge in [-0.2, -0.15) is 0 Å². The van der Waals surface area contributed by atoms with Crippen LogP contribution in [0.3, 0.4) is 0 Å². The van der Waals surface area contributed by atoms with Crippen LogP contribution in [0.15, 0.2) is 182 Å². The van der Waals surface area contributed by atoms with Crippen LogP contribution < -0.4 is 10.2 Å². The smallest absolute Gasteiger partial charge is 0.131 e. The third-order valence-corrected chi connectivity index (χ3v) is 11.4. The first-order valence-electron chi connectivity index (χ1n) is 18.3. The van der Waals surface area contributed by atoms with Crippen molar-refractivity contribution in [3.8, 4) is 33.6 Å². The summed E-state index contributed by atoms with van der Waals surface area (Å²) in [6, 6.07) is 66.8. The fourth-order valence-electron chi connectivity index (χ4n) is 9.18. The van der Waals surface area contributed by atoms with E-state index in [9.17, 15) is 0 Å². The van der Waals surface area contributed by atoms with E-state index in [0.29, 0.717) is 0 Å². The number of hydrogen-bond acceptors (Lipinski definition) is 2. The van der Waals surface area contributed by atoms with Crippen LogP contribution in [0.25, 0.3) is 77.2 Å². The second kappa shape index (κ2) is 10.7. The minimum Gasteiger partial charge on any atom is -0.359 e. The minimum atomic E-state index is 0.0310. The van der Waals surface area contributed by atoms with Crippen LogP contribution in [-0.4, -0.2) is 9.13 Å². The zero-order valence-corrected chi connectivity index (χ0v) is 28.7. The standard InChI is InChI=1S/C49H32N4/c1-7-19-43-35(13-1)36-14-2-8-20-44(36)51(43)33-27-32(28-34(30-33)52-45-21-9-3-15-37(45)38-16-4-10-22-46(38)52)31-25-26-40-41(29-31)39-17-5-11-23-47(39)53-48-24-12-6-18-42(48)50-49(40)53/h1-30,49-50H. The number of nitrogens with one attached hydrogen (secondary N) is 1. The molecular weight excluding hydrogens is 645 g/mol. The van der Waals surface area contributed by atoms with Crippen LogP contribution in [0.5, 0.6) is 0 Å². The predicted molar refractivity (Wildman–Crippen MR) is 221 cm³/mol. The molecule has 4 heteroatoms. The molecule has 248 valence electrons. The molecule has 0 saturated heterocycles. The number of aromatic nitrogens is 2. The zero-order chi connectivity index (χ0) is 34.6. The molecule has 4 heterocycles. The van der Waals surface area contributed by atoms with E-state index >= 15 is 0 Å². The first-order chi connectivity index (χ1) is 26.3. The van der Waals surface area contributed by atoms with Crippen LogP contribution in [0, 0.1) is 0 Å². The lowest BCUT2D eigenvalue weighted by Gasteiger charge is -2.35. The molecule has 0 spiro atoms. The van der Waals surface area contributed by atoms with Gasteiger partial charge in [0.05, 0.1) is 39.1 Å². The fraction of sp³-hybridized carbons (Fsp3) is 0.0204. The molecule has 2 aliphatic heterocycles. The van der Waals surface area contributed by atoms with Crippen molar-refractivity contribution in [2.75, 3.05) is 10.2 Å². The maximum atomic E-state index is 3.84. The van der Waals surface area contributed by atoms with Crippen molar-refractivity contribution in [3.05, 3.63) is 188 Å². The second-order valence-corrected chi connectivity index (χ2v) is 14.2. The molecule has 1 unspecified atom stereocenters. The predicted octanol–water partition coefficient (Wildman–Crippen LogP) is 12.8. The van der Waals surface area contributed by atoms with Gasteiger partial charge in [-0.15, -0.1) is 0 Å². The first kappa shape index (κ1) is 28.6. The molecule has 2 aliphatic rings. The summed E-state index contributed by atoms with van der Waals surface area (Å²) in [5, 5.41) is 8.86. The topological polar surface area (TPSA) is 25.1 Å².